The van der Waals surface area contributed by atoms with Crippen LogP contribution in [0, 0.1) is 5.82 Å². The van der Waals surface area contributed by atoms with Crippen LogP contribution in [0.15, 0.2) is 24.3 Å². The molecule has 0 aliphatic carbocycles. The number of halogens is 1. The molecule has 0 radical (unpaired) electrons. The summed E-state index contributed by atoms with van der Waals surface area (Å²) in [6, 6.07) is 5.92. The Bertz CT molecular complexity index is 587. The third kappa shape index (κ3) is 3.88. The van der Waals surface area contributed by atoms with Crippen LogP contribution in [0.25, 0.3) is 0 Å². The third-order valence-corrected chi connectivity index (χ3v) is 4.54. The third-order valence-electron chi connectivity index (χ3n) is 4.54. The minimum Gasteiger partial charge on any atom is -0.353 e. The van der Waals surface area contributed by atoms with Gasteiger partial charge in [0.05, 0.1) is 12.5 Å². The van der Waals surface area contributed by atoms with Gasteiger partial charge in [0.15, 0.2) is 0 Å². The molecule has 2 heterocycles. The van der Waals surface area contributed by atoms with E-state index in [1.54, 1.807) is 6.07 Å². The summed E-state index contributed by atoms with van der Waals surface area (Å²) >= 11 is 0. The van der Waals surface area contributed by atoms with Crippen molar-refractivity contribution in [2.75, 3.05) is 26.2 Å². The van der Waals surface area contributed by atoms with E-state index < -0.39 is 6.04 Å². The predicted octanol–water partition coefficient (Wildman–Crippen LogP) is 1.14. The Hall–Kier alpha value is -1.95. The first-order valence-corrected chi connectivity index (χ1v) is 8.17. The van der Waals surface area contributed by atoms with Crippen molar-refractivity contribution in [2.24, 2.45) is 0 Å². The molecule has 2 amide bonds. The van der Waals surface area contributed by atoms with Gasteiger partial charge in [-0.05, 0) is 30.5 Å². The van der Waals surface area contributed by atoms with Crippen LogP contribution < -0.4 is 5.32 Å². The summed E-state index contributed by atoms with van der Waals surface area (Å²) in [4.78, 5) is 28.4. The number of benzene rings is 1. The van der Waals surface area contributed by atoms with Crippen LogP contribution in [0.4, 0.5) is 4.39 Å². The maximum absolute atomic E-state index is 13.4. The highest BCUT2D eigenvalue weighted by atomic mass is 19.1. The van der Waals surface area contributed by atoms with E-state index in [2.05, 4.69) is 5.32 Å². The zero-order valence-corrected chi connectivity index (χ0v) is 13.1. The molecule has 1 unspecified atom stereocenters. The van der Waals surface area contributed by atoms with Crippen molar-refractivity contribution in [2.45, 2.75) is 31.8 Å². The van der Waals surface area contributed by atoms with Crippen LogP contribution in [0.1, 0.15) is 24.8 Å². The molecule has 0 saturated carbocycles. The molecule has 2 aliphatic heterocycles. The fraction of sp³-hybridized carbons (Fsp3) is 0.529. The SMILES string of the molecule is O=C1NCCN(Cc2cccc(F)c2)C1CC(=O)N1CCCC1. The molecule has 23 heavy (non-hydrogen) atoms. The lowest BCUT2D eigenvalue weighted by molar-refractivity contribution is -0.138. The minimum atomic E-state index is -0.472. The molecular weight excluding hydrogens is 297 g/mol. The van der Waals surface area contributed by atoms with Crippen molar-refractivity contribution < 1.29 is 14.0 Å². The van der Waals surface area contributed by atoms with E-state index in [1.165, 1.54) is 12.1 Å². The first kappa shape index (κ1) is 15.9. The molecule has 0 aromatic heterocycles. The van der Waals surface area contributed by atoms with Crippen molar-refractivity contribution in [3.63, 3.8) is 0 Å². The Morgan fingerprint density at radius 1 is 1.26 bits per heavy atom. The molecule has 2 aliphatic rings. The second kappa shape index (κ2) is 7.08. The molecule has 6 heteroatoms. The molecular formula is C17H22FN3O2. The quantitative estimate of drug-likeness (QED) is 0.905. The summed E-state index contributed by atoms with van der Waals surface area (Å²) in [7, 11) is 0. The second-order valence-corrected chi connectivity index (χ2v) is 6.20. The number of hydrogen-bond donors (Lipinski definition) is 1. The summed E-state index contributed by atoms with van der Waals surface area (Å²) in [5, 5.41) is 2.83. The molecule has 3 rings (SSSR count). The van der Waals surface area contributed by atoms with E-state index in [4.69, 9.17) is 0 Å². The van der Waals surface area contributed by atoms with Crippen LogP contribution >= 0.6 is 0 Å². The lowest BCUT2D eigenvalue weighted by Crippen LogP contribution is -2.56. The summed E-state index contributed by atoms with van der Waals surface area (Å²) in [5.41, 5.74) is 0.818. The van der Waals surface area contributed by atoms with Gasteiger partial charge >= 0.3 is 0 Å². The fourth-order valence-electron chi connectivity index (χ4n) is 3.30. The van der Waals surface area contributed by atoms with Gasteiger partial charge in [-0.3, -0.25) is 14.5 Å². The van der Waals surface area contributed by atoms with Gasteiger partial charge in [0, 0.05) is 32.7 Å². The highest BCUT2D eigenvalue weighted by molar-refractivity contribution is 5.88. The zero-order valence-electron chi connectivity index (χ0n) is 13.1. The first-order chi connectivity index (χ1) is 11.1. The van der Waals surface area contributed by atoms with Crippen molar-refractivity contribution in [3.8, 4) is 0 Å². The number of amides is 2. The Labute approximate surface area is 135 Å². The molecule has 1 aromatic carbocycles. The highest BCUT2D eigenvalue weighted by Gasteiger charge is 2.33. The average molecular weight is 319 g/mol. The molecule has 124 valence electrons. The summed E-state index contributed by atoms with van der Waals surface area (Å²) in [5.74, 6) is -0.359. The van der Waals surface area contributed by atoms with Crippen LogP contribution in [0.5, 0.6) is 0 Å². The normalized spacial score (nSPS) is 22.2. The van der Waals surface area contributed by atoms with Gasteiger partial charge in [-0.25, -0.2) is 4.39 Å². The van der Waals surface area contributed by atoms with Crippen LogP contribution in [-0.2, 0) is 16.1 Å². The number of rotatable bonds is 4. The van der Waals surface area contributed by atoms with E-state index in [1.807, 2.05) is 15.9 Å². The van der Waals surface area contributed by atoms with Crippen molar-refractivity contribution in [1.82, 2.24) is 15.1 Å². The van der Waals surface area contributed by atoms with Gasteiger partial charge in [-0.2, -0.15) is 0 Å². The van der Waals surface area contributed by atoms with Gasteiger partial charge in [0.2, 0.25) is 11.8 Å². The lowest BCUT2D eigenvalue weighted by atomic mass is 10.1. The number of likely N-dealkylation sites (tertiary alicyclic amines) is 1. The molecule has 1 aromatic rings. The van der Waals surface area contributed by atoms with Gasteiger partial charge in [-0.1, -0.05) is 12.1 Å². The maximum Gasteiger partial charge on any atom is 0.237 e. The van der Waals surface area contributed by atoms with Crippen LogP contribution in [0.3, 0.4) is 0 Å². The maximum atomic E-state index is 13.4. The first-order valence-electron chi connectivity index (χ1n) is 8.17. The molecule has 0 spiro atoms. The lowest BCUT2D eigenvalue weighted by Gasteiger charge is -2.35. The largest absolute Gasteiger partial charge is 0.353 e. The summed E-state index contributed by atoms with van der Waals surface area (Å²) in [6.45, 7) is 3.28. The predicted molar refractivity (Wildman–Crippen MR) is 84.0 cm³/mol. The topological polar surface area (TPSA) is 52.7 Å². The van der Waals surface area contributed by atoms with E-state index in [0.29, 0.717) is 19.6 Å². The molecule has 2 fully saturated rings. The van der Waals surface area contributed by atoms with E-state index in [-0.39, 0.29) is 24.1 Å². The Kier molecular flexibility index (Phi) is 4.91. The number of nitrogens with zero attached hydrogens (tertiary/aromatic N) is 2. The van der Waals surface area contributed by atoms with Gasteiger partial charge in [0.25, 0.3) is 0 Å². The van der Waals surface area contributed by atoms with E-state index in [0.717, 1.165) is 31.5 Å². The number of nitrogens with one attached hydrogen (secondary N) is 1. The smallest absolute Gasteiger partial charge is 0.237 e. The van der Waals surface area contributed by atoms with E-state index >= 15 is 0 Å². The Morgan fingerprint density at radius 3 is 2.78 bits per heavy atom. The number of hydrogen-bond acceptors (Lipinski definition) is 3. The van der Waals surface area contributed by atoms with Gasteiger partial charge in [0.1, 0.15) is 5.82 Å². The number of carbonyl (C=O) groups is 2. The molecule has 5 nitrogen and oxygen atoms in total. The monoisotopic (exact) mass is 319 g/mol. The molecule has 0 bridgehead atoms. The Morgan fingerprint density at radius 2 is 2.04 bits per heavy atom. The van der Waals surface area contributed by atoms with Crippen molar-refractivity contribution in [1.29, 1.82) is 0 Å². The van der Waals surface area contributed by atoms with E-state index in [9.17, 15) is 14.0 Å². The van der Waals surface area contributed by atoms with Gasteiger partial charge < -0.3 is 10.2 Å². The summed E-state index contributed by atoms with van der Waals surface area (Å²) in [6.07, 6.45) is 2.27. The zero-order chi connectivity index (χ0) is 16.2. The minimum absolute atomic E-state index is 0.0359. The van der Waals surface area contributed by atoms with Crippen molar-refractivity contribution in [3.05, 3.63) is 35.6 Å². The second-order valence-electron chi connectivity index (χ2n) is 6.20. The van der Waals surface area contributed by atoms with Crippen LogP contribution in [0.2, 0.25) is 0 Å². The Balaban J connectivity index is 1.68. The van der Waals surface area contributed by atoms with Crippen LogP contribution in [-0.4, -0.2) is 53.8 Å². The molecule has 1 N–H and O–H groups in total. The fourth-order valence-corrected chi connectivity index (χ4v) is 3.30. The standard InChI is InChI=1S/C17H22FN3O2/c18-14-5-3-4-13(10-14)12-21-9-6-19-17(23)15(21)11-16(22)20-7-1-2-8-20/h3-5,10,15H,1-2,6-9,11-12H2,(H,19,23). The van der Waals surface area contributed by atoms with Crippen molar-refractivity contribution >= 4 is 11.8 Å². The number of carbonyl (C=O) groups excluding carboxylic acids is 2. The average Bonchev–Trinajstić information content (AvgIpc) is 3.05. The molecule has 2 saturated heterocycles. The summed E-state index contributed by atoms with van der Waals surface area (Å²) < 4.78 is 13.4. The molecule has 1 atom stereocenters. The highest BCUT2D eigenvalue weighted by Crippen LogP contribution is 2.17. The number of piperazine rings is 1. The van der Waals surface area contributed by atoms with Gasteiger partial charge in [-0.15, -0.1) is 0 Å².